The Hall–Kier alpha value is -2.71. The lowest BCUT2D eigenvalue weighted by Crippen LogP contribution is -2.52. The number of anilines is 2. The maximum atomic E-state index is 13.0. The minimum atomic E-state index is -1.04. The van der Waals surface area contributed by atoms with Crippen LogP contribution >= 0.6 is 11.8 Å². The van der Waals surface area contributed by atoms with Crippen molar-refractivity contribution in [2.24, 2.45) is 0 Å². The third-order valence-corrected chi connectivity index (χ3v) is 6.05. The molecule has 2 atom stereocenters. The Balaban J connectivity index is 1.62. The number of para-hydroxylation sites is 3. The zero-order valence-electron chi connectivity index (χ0n) is 15.4. The van der Waals surface area contributed by atoms with Crippen LogP contribution in [0, 0.1) is 0 Å². The van der Waals surface area contributed by atoms with Gasteiger partial charge in [0.25, 0.3) is 0 Å². The van der Waals surface area contributed by atoms with Gasteiger partial charge in [0.15, 0.2) is 0 Å². The summed E-state index contributed by atoms with van der Waals surface area (Å²) in [7, 11) is 0. The Bertz CT molecular complexity index is 901. The maximum absolute atomic E-state index is 13.0. The van der Waals surface area contributed by atoms with Gasteiger partial charge in [0.2, 0.25) is 0 Å². The number of benzene rings is 2. The van der Waals surface area contributed by atoms with Crippen LogP contribution in [0.3, 0.4) is 0 Å². The van der Waals surface area contributed by atoms with E-state index in [1.54, 1.807) is 49.0 Å². The normalized spacial score (nSPS) is 21.3. The molecule has 1 saturated heterocycles. The zero-order valence-corrected chi connectivity index (χ0v) is 16.2. The summed E-state index contributed by atoms with van der Waals surface area (Å²) in [5, 5.41) is 13.0. The van der Waals surface area contributed by atoms with Crippen LogP contribution in [0.1, 0.15) is 17.9 Å². The molecule has 2 heterocycles. The van der Waals surface area contributed by atoms with Gasteiger partial charge >= 0.3 is 12.2 Å². The molecule has 0 spiro atoms. The lowest BCUT2D eigenvalue weighted by atomic mass is 10.1. The molecule has 1 fully saturated rings. The highest BCUT2D eigenvalue weighted by atomic mass is 32.2. The largest absolute Gasteiger partial charge is 0.465 e. The first kappa shape index (κ1) is 18.6. The molecular formula is C20H21N3O4S. The Kier molecular flexibility index (Phi) is 5.15. The van der Waals surface area contributed by atoms with E-state index < -0.39 is 12.2 Å². The second-order valence-electron chi connectivity index (χ2n) is 6.71. The van der Waals surface area contributed by atoms with Crippen molar-refractivity contribution in [1.82, 2.24) is 5.32 Å². The van der Waals surface area contributed by atoms with E-state index in [9.17, 15) is 14.7 Å². The predicted molar refractivity (Wildman–Crippen MR) is 109 cm³/mol. The van der Waals surface area contributed by atoms with E-state index in [2.05, 4.69) is 5.32 Å². The molecule has 0 saturated carbocycles. The van der Waals surface area contributed by atoms with Crippen LogP contribution in [-0.4, -0.2) is 42.2 Å². The molecule has 8 heteroatoms. The fourth-order valence-corrected chi connectivity index (χ4v) is 4.69. The summed E-state index contributed by atoms with van der Waals surface area (Å²) >= 11 is 1.78. The van der Waals surface area contributed by atoms with Crippen LogP contribution < -0.4 is 19.9 Å². The van der Waals surface area contributed by atoms with Crippen molar-refractivity contribution in [3.63, 3.8) is 0 Å². The molecule has 2 aliphatic heterocycles. The van der Waals surface area contributed by atoms with Crippen molar-refractivity contribution in [2.45, 2.75) is 18.3 Å². The first-order valence-electron chi connectivity index (χ1n) is 9.10. The number of nitrogens with one attached hydrogen (secondary N) is 1. The maximum Gasteiger partial charge on any atom is 0.419 e. The molecule has 2 aliphatic rings. The minimum Gasteiger partial charge on any atom is -0.465 e. The van der Waals surface area contributed by atoms with E-state index in [1.807, 2.05) is 18.2 Å². The van der Waals surface area contributed by atoms with Gasteiger partial charge in [-0.05, 0) is 25.1 Å². The highest BCUT2D eigenvalue weighted by Crippen LogP contribution is 2.38. The van der Waals surface area contributed by atoms with Gasteiger partial charge < -0.3 is 15.2 Å². The molecular weight excluding hydrogens is 378 g/mol. The van der Waals surface area contributed by atoms with E-state index in [4.69, 9.17) is 4.74 Å². The number of ether oxygens (including phenoxy) is 1. The fraction of sp³-hybridized carbons (Fsp3) is 0.300. The second-order valence-corrected chi connectivity index (χ2v) is 7.92. The highest BCUT2D eigenvalue weighted by molar-refractivity contribution is 7.99. The van der Waals surface area contributed by atoms with Gasteiger partial charge in [-0.15, -0.1) is 11.8 Å². The molecule has 0 aliphatic carbocycles. The monoisotopic (exact) mass is 399 g/mol. The quantitative estimate of drug-likeness (QED) is 0.797. The molecule has 2 amide bonds. The van der Waals surface area contributed by atoms with Gasteiger partial charge in [-0.3, -0.25) is 9.80 Å². The average Bonchev–Trinajstić information content (AvgIpc) is 3.22. The zero-order chi connectivity index (χ0) is 19.7. The van der Waals surface area contributed by atoms with Crippen molar-refractivity contribution in [1.29, 1.82) is 0 Å². The summed E-state index contributed by atoms with van der Waals surface area (Å²) in [6.45, 7) is 2.91. The minimum absolute atomic E-state index is 0.0964. The third kappa shape index (κ3) is 3.41. The molecule has 2 aromatic rings. The summed E-state index contributed by atoms with van der Waals surface area (Å²) in [4.78, 5) is 27.5. The lowest BCUT2D eigenvalue weighted by Gasteiger charge is -2.38. The average molecular weight is 399 g/mol. The van der Waals surface area contributed by atoms with E-state index in [0.29, 0.717) is 17.1 Å². The number of carbonyl (C=O) groups is 2. The molecule has 0 radical (unpaired) electrons. The number of carboxylic acid groups (broad SMARTS) is 1. The third-order valence-electron chi connectivity index (χ3n) is 4.86. The van der Waals surface area contributed by atoms with Crippen molar-refractivity contribution < 1.29 is 19.4 Å². The molecule has 7 nitrogen and oxygen atoms in total. The molecule has 0 bridgehead atoms. The molecule has 28 heavy (non-hydrogen) atoms. The van der Waals surface area contributed by atoms with Gasteiger partial charge in [-0.25, -0.2) is 9.59 Å². The summed E-state index contributed by atoms with van der Waals surface area (Å²) < 4.78 is 5.77. The molecule has 4 rings (SSSR count). The molecule has 2 N–H and O–H groups in total. The van der Waals surface area contributed by atoms with Crippen LogP contribution in [-0.2, 0) is 0 Å². The number of nitrogens with zero attached hydrogens (tertiary/aromatic N) is 2. The molecule has 146 valence electrons. The number of hydrogen-bond donors (Lipinski definition) is 2. The fourth-order valence-electron chi connectivity index (χ4n) is 3.61. The summed E-state index contributed by atoms with van der Waals surface area (Å²) in [6.07, 6.45) is -1.55. The number of amides is 2. The Labute approximate surface area is 167 Å². The molecule has 0 aromatic heterocycles. The van der Waals surface area contributed by atoms with E-state index in [1.165, 1.54) is 9.80 Å². The molecule has 2 unspecified atom stereocenters. The summed E-state index contributed by atoms with van der Waals surface area (Å²) in [6, 6.07) is 14.1. The second kappa shape index (κ2) is 7.73. The van der Waals surface area contributed by atoms with Crippen LogP contribution in [0.4, 0.5) is 21.0 Å². The molecule has 2 aromatic carbocycles. The van der Waals surface area contributed by atoms with Gasteiger partial charge in [-0.2, -0.15) is 0 Å². The Morgan fingerprint density at radius 1 is 1.14 bits per heavy atom. The number of fused-ring (bicyclic) bond motifs is 1. The predicted octanol–water partition coefficient (Wildman–Crippen LogP) is 3.91. The van der Waals surface area contributed by atoms with Crippen LogP contribution in [0.25, 0.3) is 0 Å². The van der Waals surface area contributed by atoms with Crippen LogP contribution in [0.2, 0.25) is 0 Å². The van der Waals surface area contributed by atoms with Gasteiger partial charge in [0, 0.05) is 17.9 Å². The lowest BCUT2D eigenvalue weighted by molar-refractivity contribution is 0.196. The standard InChI is InChI=1S/C20H21N3O4S/c1-13-12-22(15-7-3-4-8-16(15)23(13)19(24)25)20(26)27-17-9-5-2-6-14(17)18-21-10-11-28-18/h2-9,13,18,21H,10-12H2,1H3,(H,24,25). The first-order chi connectivity index (χ1) is 13.6. The van der Waals surface area contributed by atoms with Crippen molar-refractivity contribution in [3.8, 4) is 5.75 Å². The Morgan fingerprint density at radius 2 is 1.86 bits per heavy atom. The number of carbonyl (C=O) groups excluding carboxylic acids is 1. The smallest absolute Gasteiger partial charge is 0.419 e. The van der Waals surface area contributed by atoms with Crippen molar-refractivity contribution >= 4 is 35.3 Å². The van der Waals surface area contributed by atoms with Crippen LogP contribution in [0.5, 0.6) is 5.75 Å². The SMILES string of the molecule is CC1CN(C(=O)Oc2ccccc2C2NCCS2)c2ccccc2N1C(=O)O. The van der Waals surface area contributed by atoms with E-state index in [0.717, 1.165) is 17.9 Å². The van der Waals surface area contributed by atoms with E-state index in [-0.39, 0.29) is 18.0 Å². The number of thioether (sulfide) groups is 1. The van der Waals surface area contributed by atoms with Crippen molar-refractivity contribution in [3.05, 3.63) is 54.1 Å². The Morgan fingerprint density at radius 3 is 2.57 bits per heavy atom. The van der Waals surface area contributed by atoms with Crippen molar-refractivity contribution in [2.75, 3.05) is 28.6 Å². The van der Waals surface area contributed by atoms with Gasteiger partial charge in [0.1, 0.15) is 5.75 Å². The van der Waals surface area contributed by atoms with Crippen LogP contribution in [0.15, 0.2) is 48.5 Å². The number of rotatable bonds is 2. The van der Waals surface area contributed by atoms with E-state index >= 15 is 0 Å². The topological polar surface area (TPSA) is 82.1 Å². The summed E-state index contributed by atoms with van der Waals surface area (Å²) in [5.41, 5.74) is 1.94. The number of hydrogen-bond acceptors (Lipinski definition) is 5. The van der Waals surface area contributed by atoms with Gasteiger partial charge in [-0.1, -0.05) is 30.3 Å². The first-order valence-corrected chi connectivity index (χ1v) is 10.2. The summed E-state index contributed by atoms with van der Waals surface area (Å²) in [5.74, 6) is 1.53. The van der Waals surface area contributed by atoms with Gasteiger partial charge in [0.05, 0.1) is 29.3 Å². The highest BCUT2D eigenvalue weighted by Gasteiger charge is 2.36.